The molecule has 0 N–H and O–H groups in total. The molecule has 5 heteroatoms. The molecule has 25 heavy (non-hydrogen) atoms. The minimum atomic E-state index is -3.23. The molecule has 0 saturated carbocycles. The number of para-hydroxylation sites is 1. The van der Waals surface area contributed by atoms with Crippen molar-refractivity contribution in [3.63, 3.8) is 0 Å². The van der Waals surface area contributed by atoms with E-state index < -0.39 is 9.84 Å². The molecule has 0 spiro atoms. The second-order valence-corrected chi connectivity index (χ2v) is 8.80. The van der Waals surface area contributed by atoms with E-state index >= 15 is 0 Å². The topological polar surface area (TPSA) is 40.6 Å². The third kappa shape index (κ3) is 4.41. The Balaban J connectivity index is 1.78. The quantitative estimate of drug-likeness (QED) is 0.842. The Morgan fingerprint density at radius 1 is 0.960 bits per heavy atom. The minimum absolute atomic E-state index is 0.430. The van der Waals surface area contributed by atoms with Crippen molar-refractivity contribution in [2.24, 2.45) is 0 Å². The lowest BCUT2D eigenvalue weighted by Crippen LogP contribution is -2.34. The average molecular weight is 359 g/mol. The number of hydrogen-bond acceptors (Lipinski definition) is 4. The van der Waals surface area contributed by atoms with E-state index in [1.807, 2.05) is 18.2 Å². The predicted molar refractivity (Wildman–Crippen MR) is 103 cm³/mol. The van der Waals surface area contributed by atoms with Gasteiger partial charge in [0.1, 0.15) is 0 Å². The van der Waals surface area contributed by atoms with Gasteiger partial charge in [-0.25, -0.2) is 8.42 Å². The summed E-state index contributed by atoms with van der Waals surface area (Å²) in [5, 5.41) is 0. The second kappa shape index (κ2) is 7.58. The van der Waals surface area contributed by atoms with E-state index in [0.29, 0.717) is 10.9 Å². The summed E-state index contributed by atoms with van der Waals surface area (Å²) in [6.45, 7) is 5.83. The zero-order chi connectivity index (χ0) is 17.9. The van der Waals surface area contributed by atoms with Crippen molar-refractivity contribution in [2.45, 2.75) is 30.8 Å². The summed E-state index contributed by atoms with van der Waals surface area (Å²) in [5.41, 5.74) is 2.15. The molecular formula is C20H26N2O2S. The van der Waals surface area contributed by atoms with Crippen molar-refractivity contribution in [3.05, 3.63) is 60.2 Å². The van der Waals surface area contributed by atoms with Crippen LogP contribution in [-0.2, 0) is 16.4 Å². The highest BCUT2D eigenvalue weighted by molar-refractivity contribution is 7.90. The molecule has 1 unspecified atom stereocenters. The number of anilines is 1. The standard InChI is InChI=1S/C20H26N2O2S/c1-17-12-13-21(19-10-6-7-11-20(19)25(2,23)24)14-15-22(17)16-18-8-4-3-5-9-18/h3-11,17H,12-16H2,1-2H3. The van der Waals surface area contributed by atoms with Gasteiger partial charge in [0.05, 0.1) is 10.6 Å². The molecule has 0 amide bonds. The molecule has 1 saturated heterocycles. The molecular weight excluding hydrogens is 332 g/mol. The van der Waals surface area contributed by atoms with Gasteiger partial charge in [-0.2, -0.15) is 0 Å². The fraction of sp³-hybridized carbons (Fsp3) is 0.400. The summed E-state index contributed by atoms with van der Waals surface area (Å²) in [5.74, 6) is 0. The maximum Gasteiger partial charge on any atom is 0.177 e. The minimum Gasteiger partial charge on any atom is -0.369 e. The van der Waals surface area contributed by atoms with Crippen LogP contribution in [-0.4, -0.2) is 45.2 Å². The Morgan fingerprint density at radius 2 is 1.64 bits per heavy atom. The van der Waals surface area contributed by atoms with Crippen LogP contribution in [0.3, 0.4) is 0 Å². The van der Waals surface area contributed by atoms with E-state index in [-0.39, 0.29) is 0 Å². The number of hydrogen-bond donors (Lipinski definition) is 0. The molecule has 2 aromatic carbocycles. The summed E-state index contributed by atoms with van der Waals surface area (Å²) in [6.07, 6.45) is 2.30. The molecule has 0 aliphatic carbocycles. The molecule has 0 aromatic heterocycles. The van der Waals surface area contributed by atoms with Gasteiger partial charge in [0.15, 0.2) is 9.84 Å². The largest absolute Gasteiger partial charge is 0.369 e. The van der Waals surface area contributed by atoms with Crippen LogP contribution in [0.15, 0.2) is 59.5 Å². The van der Waals surface area contributed by atoms with Crippen LogP contribution in [0.1, 0.15) is 18.9 Å². The second-order valence-electron chi connectivity index (χ2n) is 6.82. The molecule has 3 rings (SSSR count). The smallest absolute Gasteiger partial charge is 0.177 e. The van der Waals surface area contributed by atoms with Gasteiger partial charge in [-0.05, 0) is 31.0 Å². The maximum absolute atomic E-state index is 12.1. The van der Waals surface area contributed by atoms with Crippen molar-refractivity contribution in [3.8, 4) is 0 Å². The van der Waals surface area contributed by atoms with Crippen molar-refractivity contribution < 1.29 is 8.42 Å². The maximum atomic E-state index is 12.1. The Kier molecular flexibility index (Phi) is 5.45. The van der Waals surface area contributed by atoms with E-state index in [1.54, 1.807) is 12.1 Å². The van der Waals surface area contributed by atoms with Gasteiger partial charge in [0, 0.05) is 38.5 Å². The fourth-order valence-electron chi connectivity index (χ4n) is 3.43. The molecule has 1 atom stereocenters. The highest BCUT2D eigenvalue weighted by Crippen LogP contribution is 2.27. The summed E-state index contributed by atoms with van der Waals surface area (Å²) < 4.78 is 24.2. The lowest BCUT2D eigenvalue weighted by atomic mass is 10.1. The number of benzene rings is 2. The summed E-state index contributed by atoms with van der Waals surface area (Å²) >= 11 is 0. The average Bonchev–Trinajstić information content (AvgIpc) is 2.78. The van der Waals surface area contributed by atoms with Crippen molar-refractivity contribution in [2.75, 3.05) is 30.8 Å². The first kappa shape index (κ1) is 18.0. The van der Waals surface area contributed by atoms with E-state index in [1.165, 1.54) is 11.8 Å². The lowest BCUT2D eigenvalue weighted by molar-refractivity contribution is 0.212. The Labute approximate surface area is 151 Å². The molecule has 1 aliphatic rings. The van der Waals surface area contributed by atoms with E-state index in [4.69, 9.17) is 0 Å². The first-order chi connectivity index (χ1) is 11.9. The van der Waals surface area contributed by atoms with Crippen LogP contribution >= 0.6 is 0 Å². The highest BCUT2D eigenvalue weighted by atomic mass is 32.2. The van der Waals surface area contributed by atoms with E-state index in [2.05, 4.69) is 41.0 Å². The first-order valence-electron chi connectivity index (χ1n) is 8.77. The van der Waals surface area contributed by atoms with Crippen LogP contribution in [0.4, 0.5) is 5.69 Å². The number of nitrogens with zero attached hydrogens (tertiary/aromatic N) is 2. The number of rotatable bonds is 4. The summed E-state index contributed by atoms with van der Waals surface area (Å²) in [6, 6.07) is 18.3. The molecule has 0 radical (unpaired) electrons. The predicted octanol–water partition coefficient (Wildman–Crippen LogP) is 3.19. The highest BCUT2D eigenvalue weighted by Gasteiger charge is 2.24. The summed E-state index contributed by atoms with van der Waals surface area (Å²) in [4.78, 5) is 5.13. The van der Waals surface area contributed by atoms with Crippen LogP contribution < -0.4 is 4.90 Å². The van der Waals surface area contributed by atoms with Crippen molar-refractivity contribution >= 4 is 15.5 Å². The van der Waals surface area contributed by atoms with Crippen molar-refractivity contribution in [1.29, 1.82) is 0 Å². The van der Waals surface area contributed by atoms with Crippen LogP contribution in [0.25, 0.3) is 0 Å². The Bertz CT molecular complexity index is 805. The number of sulfone groups is 1. The van der Waals surface area contributed by atoms with Gasteiger partial charge >= 0.3 is 0 Å². The molecule has 0 bridgehead atoms. The lowest BCUT2D eigenvalue weighted by Gasteiger charge is -2.27. The van der Waals surface area contributed by atoms with Crippen molar-refractivity contribution in [1.82, 2.24) is 4.90 Å². The van der Waals surface area contributed by atoms with Crippen LogP contribution in [0.5, 0.6) is 0 Å². The van der Waals surface area contributed by atoms with Crippen LogP contribution in [0, 0.1) is 0 Å². The molecule has 1 fully saturated rings. The Hall–Kier alpha value is -1.85. The van der Waals surface area contributed by atoms with Gasteiger partial charge < -0.3 is 4.90 Å². The van der Waals surface area contributed by atoms with Crippen LogP contribution in [0.2, 0.25) is 0 Å². The fourth-order valence-corrected chi connectivity index (χ4v) is 4.34. The zero-order valence-corrected chi connectivity index (χ0v) is 15.7. The molecule has 1 heterocycles. The SMILES string of the molecule is CC1CCN(c2ccccc2S(C)(=O)=O)CCN1Cc1ccccc1. The van der Waals surface area contributed by atoms with E-state index in [0.717, 1.165) is 38.3 Å². The molecule has 1 aliphatic heterocycles. The van der Waals surface area contributed by atoms with Gasteiger partial charge in [-0.15, -0.1) is 0 Å². The van der Waals surface area contributed by atoms with Gasteiger partial charge in [-0.3, -0.25) is 4.90 Å². The first-order valence-corrected chi connectivity index (χ1v) is 10.7. The summed E-state index contributed by atoms with van der Waals surface area (Å²) in [7, 11) is -3.23. The van der Waals surface area contributed by atoms with Gasteiger partial charge in [0.2, 0.25) is 0 Å². The molecule has 134 valence electrons. The van der Waals surface area contributed by atoms with Gasteiger partial charge in [0.25, 0.3) is 0 Å². The molecule has 4 nitrogen and oxygen atoms in total. The zero-order valence-electron chi connectivity index (χ0n) is 14.9. The van der Waals surface area contributed by atoms with E-state index in [9.17, 15) is 8.42 Å². The monoisotopic (exact) mass is 358 g/mol. The Morgan fingerprint density at radius 3 is 2.36 bits per heavy atom. The third-order valence-electron chi connectivity index (χ3n) is 4.93. The third-order valence-corrected chi connectivity index (χ3v) is 6.08. The molecule has 2 aromatic rings. The van der Waals surface area contributed by atoms with Gasteiger partial charge in [-0.1, -0.05) is 42.5 Å². The normalized spacial score (nSPS) is 19.6.